The first-order chi connectivity index (χ1) is 9.65. The average Bonchev–Trinajstić information content (AvgIpc) is 3.29. The van der Waals surface area contributed by atoms with Crippen LogP contribution < -0.4 is 5.32 Å². The second-order valence-corrected chi connectivity index (χ2v) is 7.99. The first kappa shape index (κ1) is 12.9. The lowest BCUT2D eigenvalue weighted by Gasteiger charge is -2.43. The molecule has 0 saturated heterocycles. The van der Waals surface area contributed by atoms with Gasteiger partial charge in [-0.3, -0.25) is 0 Å². The van der Waals surface area contributed by atoms with Crippen LogP contribution in [0.4, 0.5) is 0 Å². The molecule has 0 bridgehead atoms. The van der Waals surface area contributed by atoms with Crippen LogP contribution in [0, 0.1) is 17.3 Å². The standard InChI is InChI=1S/C19H27N/c1-19(2)12-11-13-5-3-4-6-16(13)18(19)20-17(14-7-8-14)15-9-10-15/h3-6,14-15,17-18,20H,7-12H2,1-2H3. The van der Waals surface area contributed by atoms with Crippen molar-refractivity contribution in [2.75, 3.05) is 0 Å². The Morgan fingerprint density at radius 1 is 1.05 bits per heavy atom. The minimum absolute atomic E-state index is 0.385. The zero-order valence-corrected chi connectivity index (χ0v) is 12.9. The molecular formula is C19H27N. The van der Waals surface area contributed by atoms with Crippen molar-refractivity contribution in [2.24, 2.45) is 17.3 Å². The first-order valence-corrected chi connectivity index (χ1v) is 8.49. The van der Waals surface area contributed by atoms with Gasteiger partial charge in [-0.05, 0) is 66.9 Å². The highest BCUT2D eigenvalue weighted by Crippen LogP contribution is 2.49. The van der Waals surface area contributed by atoms with Gasteiger partial charge in [-0.25, -0.2) is 0 Å². The maximum Gasteiger partial charge on any atom is 0.0377 e. The fraction of sp³-hybridized carbons (Fsp3) is 0.684. The van der Waals surface area contributed by atoms with E-state index in [0.29, 0.717) is 11.5 Å². The van der Waals surface area contributed by atoms with Gasteiger partial charge in [-0.1, -0.05) is 38.1 Å². The highest BCUT2D eigenvalue weighted by atomic mass is 15.0. The Labute approximate surface area is 123 Å². The number of fused-ring (bicyclic) bond motifs is 1. The van der Waals surface area contributed by atoms with E-state index in [-0.39, 0.29) is 0 Å². The fourth-order valence-corrected chi connectivity index (χ4v) is 4.14. The van der Waals surface area contributed by atoms with Crippen LogP contribution in [-0.4, -0.2) is 6.04 Å². The van der Waals surface area contributed by atoms with E-state index in [9.17, 15) is 0 Å². The Kier molecular flexibility index (Phi) is 2.96. The Morgan fingerprint density at radius 3 is 2.35 bits per heavy atom. The van der Waals surface area contributed by atoms with Crippen LogP contribution >= 0.6 is 0 Å². The van der Waals surface area contributed by atoms with Crippen molar-refractivity contribution in [1.82, 2.24) is 5.32 Å². The molecule has 3 aliphatic rings. The molecule has 1 atom stereocenters. The quantitative estimate of drug-likeness (QED) is 0.850. The lowest BCUT2D eigenvalue weighted by molar-refractivity contribution is 0.181. The molecule has 0 aliphatic heterocycles. The molecule has 1 nitrogen and oxygen atoms in total. The zero-order valence-electron chi connectivity index (χ0n) is 12.9. The van der Waals surface area contributed by atoms with Gasteiger partial charge in [0, 0.05) is 12.1 Å². The molecule has 1 unspecified atom stereocenters. The Bertz CT molecular complexity index is 484. The van der Waals surface area contributed by atoms with E-state index < -0.39 is 0 Å². The van der Waals surface area contributed by atoms with Gasteiger partial charge in [0.1, 0.15) is 0 Å². The Balaban J connectivity index is 1.63. The first-order valence-electron chi connectivity index (χ1n) is 8.49. The van der Waals surface area contributed by atoms with Gasteiger partial charge in [0.05, 0.1) is 0 Å². The predicted molar refractivity (Wildman–Crippen MR) is 83.7 cm³/mol. The van der Waals surface area contributed by atoms with Crippen LogP contribution in [0.1, 0.15) is 63.1 Å². The van der Waals surface area contributed by atoms with Crippen molar-refractivity contribution < 1.29 is 0 Å². The summed E-state index contributed by atoms with van der Waals surface area (Å²) in [6.45, 7) is 4.91. The van der Waals surface area contributed by atoms with E-state index in [0.717, 1.165) is 17.9 Å². The van der Waals surface area contributed by atoms with Gasteiger partial charge in [-0.15, -0.1) is 0 Å². The van der Waals surface area contributed by atoms with Gasteiger partial charge in [0.2, 0.25) is 0 Å². The van der Waals surface area contributed by atoms with Crippen molar-refractivity contribution >= 4 is 0 Å². The number of aryl methyl sites for hydroxylation is 1. The van der Waals surface area contributed by atoms with Crippen LogP contribution in [0.15, 0.2) is 24.3 Å². The van der Waals surface area contributed by atoms with Crippen LogP contribution in [-0.2, 0) is 6.42 Å². The van der Waals surface area contributed by atoms with Crippen molar-refractivity contribution in [3.63, 3.8) is 0 Å². The fourth-order valence-electron chi connectivity index (χ4n) is 4.14. The number of rotatable bonds is 4. The molecule has 2 saturated carbocycles. The van der Waals surface area contributed by atoms with E-state index >= 15 is 0 Å². The summed E-state index contributed by atoms with van der Waals surface area (Å²) in [6, 6.07) is 10.5. The summed E-state index contributed by atoms with van der Waals surface area (Å²) in [7, 11) is 0. The molecule has 0 spiro atoms. The second-order valence-electron chi connectivity index (χ2n) is 7.99. The average molecular weight is 269 g/mol. The summed E-state index contributed by atoms with van der Waals surface area (Å²) < 4.78 is 0. The molecule has 0 aromatic heterocycles. The maximum absolute atomic E-state index is 4.13. The molecule has 1 aromatic carbocycles. The predicted octanol–water partition coefficient (Wildman–Crippen LogP) is 4.48. The molecule has 1 heteroatoms. The normalized spacial score (nSPS) is 28.4. The molecular weight excluding hydrogens is 242 g/mol. The van der Waals surface area contributed by atoms with Crippen molar-refractivity contribution in [2.45, 2.75) is 64.5 Å². The molecule has 4 rings (SSSR count). The molecule has 1 aromatic rings. The number of hydrogen-bond acceptors (Lipinski definition) is 1. The Morgan fingerprint density at radius 2 is 1.70 bits per heavy atom. The topological polar surface area (TPSA) is 12.0 Å². The summed E-state index contributed by atoms with van der Waals surface area (Å²) in [5, 5.41) is 4.13. The zero-order chi connectivity index (χ0) is 13.7. The van der Waals surface area contributed by atoms with Gasteiger partial charge in [0.15, 0.2) is 0 Å². The Hall–Kier alpha value is -0.820. The summed E-state index contributed by atoms with van der Waals surface area (Å²) >= 11 is 0. The second kappa shape index (κ2) is 4.59. The van der Waals surface area contributed by atoms with Gasteiger partial charge in [0.25, 0.3) is 0 Å². The smallest absolute Gasteiger partial charge is 0.0377 e. The molecule has 3 aliphatic carbocycles. The number of hydrogen-bond donors (Lipinski definition) is 1. The molecule has 0 radical (unpaired) electrons. The largest absolute Gasteiger partial charge is 0.306 e. The third-order valence-corrected chi connectivity index (χ3v) is 5.81. The van der Waals surface area contributed by atoms with Gasteiger partial charge < -0.3 is 5.32 Å². The van der Waals surface area contributed by atoms with E-state index in [1.807, 2.05) is 0 Å². The third kappa shape index (κ3) is 2.30. The van der Waals surface area contributed by atoms with Crippen LogP contribution in [0.2, 0.25) is 0 Å². The summed E-state index contributed by atoms with van der Waals surface area (Å²) in [6.07, 6.45) is 8.40. The van der Waals surface area contributed by atoms with E-state index in [4.69, 9.17) is 0 Å². The summed E-state index contributed by atoms with van der Waals surface area (Å²) in [5.74, 6) is 1.96. The molecule has 108 valence electrons. The van der Waals surface area contributed by atoms with Crippen molar-refractivity contribution in [3.8, 4) is 0 Å². The highest BCUT2D eigenvalue weighted by Gasteiger charge is 2.45. The lowest BCUT2D eigenvalue weighted by atomic mass is 9.70. The lowest BCUT2D eigenvalue weighted by Crippen LogP contribution is -2.44. The monoisotopic (exact) mass is 269 g/mol. The summed E-state index contributed by atoms with van der Waals surface area (Å²) in [4.78, 5) is 0. The maximum atomic E-state index is 4.13. The van der Waals surface area contributed by atoms with Gasteiger partial charge >= 0.3 is 0 Å². The molecule has 0 heterocycles. The molecule has 2 fully saturated rings. The van der Waals surface area contributed by atoms with E-state index in [2.05, 4.69) is 43.4 Å². The van der Waals surface area contributed by atoms with Crippen LogP contribution in [0.5, 0.6) is 0 Å². The van der Waals surface area contributed by atoms with Crippen LogP contribution in [0.25, 0.3) is 0 Å². The van der Waals surface area contributed by atoms with Gasteiger partial charge in [-0.2, -0.15) is 0 Å². The third-order valence-electron chi connectivity index (χ3n) is 5.81. The molecule has 20 heavy (non-hydrogen) atoms. The minimum atomic E-state index is 0.385. The van der Waals surface area contributed by atoms with Crippen molar-refractivity contribution in [1.29, 1.82) is 0 Å². The van der Waals surface area contributed by atoms with E-state index in [1.54, 1.807) is 11.1 Å². The highest BCUT2D eigenvalue weighted by molar-refractivity contribution is 5.34. The number of nitrogens with one attached hydrogen (secondary N) is 1. The molecule has 1 N–H and O–H groups in total. The SMILES string of the molecule is CC1(C)CCc2ccccc2C1NC(C1CC1)C1CC1. The number of benzene rings is 1. The van der Waals surface area contributed by atoms with E-state index in [1.165, 1.54) is 38.5 Å². The minimum Gasteiger partial charge on any atom is -0.306 e. The van der Waals surface area contributed by atoms with Crippen molar-refractivity contribution in [3.05, 3.63) is 35.4 Å². The van der Waals surface area contributed by atoms with Crippen LogP contribution in [0.3, 0.4) is 0 Å². The summed E-state index contributed by atoms with van der Waals surface area (Å²) in [5.41, 5.74) is 3.54. The molecule has 0 amide bonds.